The molecule has 2 aromatic carbocycles. The van der Waals surface area contributed by atoms with Gasteiger partial charge >= 0.3 is 0 Å². The molecule has 2 heterocycles. The molecule has 0 fully saturated rings. The van der Waals surface area contributed by atoms with Crippen molar-refractivity contribution in [3.63, 3.8) is 0 Å². The van der Waals surface area contributed by atoms with Gasteiger partial charge in [0.2, 0.25) is 0 Å². The number of allylic oxidation sites excluding steroid dienone is 1. The molecule has 0 spiro atoms. The van der Waals surface area contributed by atoms with E-state index in [1.807, 2.05) is 48.7 Å². The van der Waals surface area contributed by atoms with Gasteiger partial charge in [0.15, 0.2) is 0 Å². The summed E-state index contributed by atoms with van der Waals surface area (Å²) < 4.78 is 0.996. The molecule has 4 aromatic rings. The van der Waals surface area contributed by atoms with E-state index >= 15 is 0 Å². The molecule has 2 aromatic heterocycles. The van der Waals surface area contributed by atoms with Crippen molar-refractivity contribution in [3.05, 3.63) is 88.6 Å². The Morgan fingerprint density at radius 3 is 2.88 bits per heavy atom. The smallest absolute Gasteiger partial charge is 0.252 e. The Labute approximate surface area is 194 Å². The summed E-state index contributed by atoms with van der Waals surface area (Å²) >= 11 is 3.55. The first kappa shape index (κ1) is 20.7. The van der Waals surface area contributed by atoms with Gasteiger partial charge in [-0.25, -0.2) is 4.98 Å². The molecule has 0 radical (unpaired) electrons. The van der Waals surface area contributed by atoms with E-state index in [0.717, 1.165) is 49.5 Å². The number of para-hydroxylation sites is 1. The summed E-state index contributed by atoms with van der Waals surface area (Å²) in [6.45, 7) is 1.13. The molecular weight excluding hydrogens is 464 g/mol. The zero-order valence-electron chi connectivity index (χ0n) is 17.4. The maximum absolute atomic E-state index is 13.2. The lowest BCUT2D eigenvalue weighted by molar-refractivity contribution is 0.0959. The summed E-state index contributed by atoms with van der Waals surface area (Å²) in [5.41, 5.74) is 11.0. The van der Waals surface area contributed by atoms with Gasteiger partial charge in [0.25, 0.3) is 5.91 Å². The molecular formula is C26H23BrN4O. The van der Waals surface area contributed by atoms with Crippen LogP contribution in [0.1, 0.15) is 16.8 Å². The third-order valence-corrected chi connectivity index (χ3v) is 6.39. The highest BCUT2D eigenvalue weighted by Crippen LogP contribution is 2.32. The molecule has 0 saturated carbocycles. The van der Waals surface area contributed by atoms with Gasteiger partial charge in [0, 0.05) is 39.1 Å². The minimum atomic E-state index is -0.110. The van der Waals surface area contributed by atoms with E-state index in [-0.39, 0.29) is 5.91 Å². The number of aromatic amines is 1. The number of nitrogens with two attached hydrogens (primary N) is 1. The number of fused-ring (bicyclic) bond motifs is 2. The van der Waals surface area contributed by atoms with Crippen LogP contribution in [0.25, 0.3) is 33.1 Å². The van der Waals surface area contributed by atoms with E-state index in [1.54, 1.807) is 0 Å². The highest BCUT2D eigenvalue weighted by molar-refractivity contribution is 9.10. The predicted molar refractivity (Wildman–Crippen MR) is 133 cm³/mol. The van der Waals surface area contributed by atoms with Crippen molar-refractivity contribution < 1.29 is 4.79 Å². The van der Waals surface area contributed by atoms with Crippen LogP contribution in [0.2, 0.25) is 0 Å². The predicted octanol–water partition coefficient (Wildman–Crippen LogP) is 5.34. The van der Waals surface area contributed by atoms with Crippen LogP contribution in [0.3, 0.4) is 0 Å². The highest BCUT2D eigenvalue weighted by Gasteiger charge is 2.16. The molecule has 1 aliphatic rings. The second kappa shape index (κ2) is 8.73. The quantitative estimate of drug-likeness (QED) is 0.356. The van der Waals surface area contributed by atoms with Crippen LogP contribution in [-0.2, 0) is 0 Å². The molecule has 0 bridgehead atoms. The van der Waals surface area contributed by atoms with E-state index in [9.17, 15) is 4.79 Å². The number of nitrogens with zero attached hydrogens (tertiary/aromatic N) is 1. The van der Waals surface area contributed by atoms with Gasteiger partial charge in [-0.3, -0.25) is 4.79 Å². The topological polar surface area (TPSA) is 83.8 Å². The van der Waals surface area contributed by atoms with E-state index < -0.39 is 0 Å². The first-order valence-corrected chi connectivity index (χ1v) is 11.4. The molecule has 1 unspecified atom stereocenters. The maximum atomic E-state index is 13.2. The van der Waals surface area contributed by atoms with Crippen molar-refractivity contribution in [2.24, 2.45) is 11.7 Å². The van der Waals surface area contributed by atoms with Crippen LogP contribution in [0, 0.1) is 5.92 Å². The Morgan fingerprint density at radius 1 is 1.19 bits per heavy atom. The molecule has 1 atom stereocenters. The molecule has 4 N–H and O–H groups in total. The van der Waals surface area contributed by atoms with Crippen molar-refractivity contribution in [2.75, 3.05) is 13.1 Å². The van der Waals surface area contributed by atoms with Crippen molar-refractivity contribution in [2.45, 2.75) is 6.42 Å². The van der Waals surface area contributed by atoms with Crippen LogP contribution in [0.4, 0.5) is 0 Å². The lowest BCUT2D eigenvalue weighted by Gasteiger charge is -2.15. The number of carbonyl (C=O) groups excluding carboxylic acids is 1. The summed E-state index contributed by atoms with van der Waals surface area (Å²) in [6, 6.07) is 15.7. The molecule has 5 rings (SSSR count). The molecule has 1 amide bonds. The monoisotopic (exact) mass is 486 g/mol. The molecule has 0 saturated heterocycles. The SMILES string of the molecule is NCC1C=CC(CNC(=O)c2cc(-c3c[nH]c4ccc(Br)cc34)nc3ccccc23)=CC1. The number of benzene rings is 2. The van der Waals surface area contributed by atoms with Crippen molar-refractivity contribution >= 4 is 43.6 Å². The number of nitrogens with one attached hydrogen (secondary N) is 2. The summed E-state index contributed by atoms with van der Waals surface area (Å²) in [4.78, 5) is 21.4. The van der Waals surface area contributed by atoms with Crippen molar-refractivity contribution in [3.8, 4) is 11.3 Å². The number of hydrogen-bond donors (Lipinski definition) is 3. The number of hydrogen-bond acceptors (Lipinski definition) is 3. The molecule has 0 aliphatic heterocycles. The lowest BCUT2D eigenvalue weighted by Crippen LogP contribution is -2.26. The standard InChI is InChI=1S/C26H23BrN4O/c27-18-9-10-23-20(11-18)22(15-29-23)25-12-21(19-3-1-2-4-24(19)31-25)26(32)30-14-17-7-5-16(13-28)6-8-17/h1-5,7-12,15-16,29H,6,13-14,28H2,(H,30,32). The van der Waals surface area contributed by atoms with Crippen molar-refractivity contribution in [1.29, 1.82) is 0 Å². The number of amides is 1. The number of H-pyrrole nitrogens is 1. The average molecular weight is 487 g/mol. The summed E-state index contributed by atoms with van der Waals surface area (Å²) in [7, 11) is 0. The normalized spacial score (nSPS) is 15.8. The fraction of sp³-hybridized carbons (Fsp3) is 0.154. The number of halogens is 1. The largest absolute Gasteiger partial charge is 0.360 e. The van der Waals surface area contributed by atoms with Crippen LogP contribution in [0.15, 0.2) is 83.0 Å². The first-order valence-electron chi connectivity index (χ1n) is 10.6. The molecule has 1 aliphatic carbocycles. The fourth-order valence-corrected chi connectivity index (χ4v) is 4.46. The molecule has 5 nitrogen and oxygen atoms in total. The van der Waals surface area contributed by atoms with Gasteiger partial charge in [0.05, 0.1) is 16.8 Å². The maximum Gasteiger partial charge on any atom is 0.252 e. The first-order chi connectivity index (χ1) is 15.6. The van der Waals surface area contributed by atoms with Gasteiger partial charge in [-0.15, -0.1) is 0 Å². The number of pyridine rings is 1. The van der Waals surface area contributed by atoms with Gasteiger partial charge in [-0.2, -0.15) is 0 Å². The Hall–Kier alpha value is -3.22. The van der Waals surface area contributed by atoms with Crippen LogP contribution >= 0.6 is 15.9 Å². The third-order valence-electron chi connectivity index (χ3n) is 5.90. The lowest BCUT2D eigenvalue weighted by atomic mass is 9.97. The van der Waals surface area contributed by atoms with E-state index in [1.165, 1.54) is 0 Å². The van der Waals surface area contributed by atoms with Gasteiger partial charge in [-0.1, -0.05) is 52.4 Å². The van der Waals surface area contributed by atoms with Crippen LogP contribution in [0.5, 0.6) is 0 Å². The molecule has 32 heavy (non-hydrogen) atoms. The average Bonchev–Trinajstić information content (AvgIpc) is 3.25. The second-order valence-electron chi connectivity index (χ2n) is 8.02. The molecule has 160 valence electrons. The van der Waals surface area contributed by atoms with Crippen molar-refractivity contribution in [1.82, 2.24) is 15.3 Å². The second-order valence-corrected chi connectivity index (χ2v) is 8.93. The van der Waals surface area contributed by atoms with E-state index in [0.29, 0.717) is 24.6 Å². The van der Waals surface area contributed by atoms with E-state index in [4.69, 9.17) is 10.7 Å². The van der Waals surface area contributed by atoms with E-state index in [2.05, 4.69) is 50.5 Å². The zero-order chi connectivity index (χ0) is 22.1. The number of carbonyl (C=O) groups is 1. The van der Waals surface area contributed by atoms with Crippen LogP contribution < -0.4 is 11.1 Å². The number of aromatic nitrogens is 2. The fourth-order valence-electron chi connectivity index (χ4n) is 4.10. The Kier molecular flexibility index (Phi) is 5.64. The number of rotatable bonds is 5. The Bertz CT molecular complexity index is 1390. The Balaban J connectivity index is 1.50. The summed E-state index contributed by atoms with van der Waals surface area (Å²) in [6.07, 6.45) is 9.19. The zero-order valence-corrected chi connectivity index (χ0v) is 19.0. The third kappa shape index (κ3) is 3.99. The summed E-state index contributed by atoms with van der Waals surface area (Å²) in [5, 5.41) is 4.97. The van der Waals surface area contributed by atoms with Gasteiger partial charge in [0.1, 0.15) is 0 Å². The van der Waals surface area contributed by atoms with Crippen LogP contribution in [-0.4, -0.2) is 29.0 Å². The minimum Gasteiger partial charge on any atom is -0.360 e. The van der Waals surface area contributed by atoms with Gasteiger partial charge in [-0.05, 0) is 54.8 Å². The highest BCUT2D eigenvalue weighted by atomic mass is 79.9. The Morgan fingerprint density at radius 2 is 2.06 bits per heavy atom. The van der Waals surface area contributed by atoms with Gasteiger partial charge < -0.3 is 16.0 Å². The minimum absolute atomic E-state index is 0.110. The summed E-state index contributed by atoms with van der Waals surface area (Å²) in [5.74, 6) is 0.276. The molecule has 6 heteroatoms.